The molecule has 2 bridgehead atoms. The van der Waals surface area contributed by atoms with E-state index in [0.717, 1.165) is 24.3 Å². The number of para-hydroxylation sites is 2. The number of fused-ring (bicyclic) bond motifs is 2. The first-order valence-corrected chi connectivity index (χ1v) is 8.73. The molecule has 0 saturated carbocycles. The van der Waals surface area contributed by atoms with Crippen LogP contribution in [0.4, 0.5) is 5.69 Å². The number of carbonyl (C=O) groups excluding carboxylic acids is 1. The summed E-state index contributed by atoms with van der Waals surface area (Å²) in [5.41, 5.74) is 0.485. The van der Waals surface area contributed by atoms with E-state index in [0.29, 0.717) is 24.4 Å². The smallest absolute Gasteiger partial charge is 0.224 e. The molecule has 2 fully saturated rings. The quantitative estimate of drug-likeness (QED) is 0.856. The molecular weight excluding hydrogens is 324 g/mol. The van der Waals surface area contributed by atoms with Crippen LogP contribution in [0.5, 0.6) is 5.75 Å². The minimum Gasteiger partial charge on any atom is -0.486 e. The zero-order valence-electron chi connectivity index (χ0n) is 14.8. The fourth-order valence-electron chi connectivity index (χ4n) is 3.79. The fraction of sp³-hybridized carbons (Fsp3) is 0.632. The molecule has 0 aromatic heterocycles. The SMILES string of the molecule is CC(C)(C)Oc1ccccc1NC(=O)CC1CC2CCC(C1)N2.Cl. The number of nitrogens with one attached hydrogen (secondary N) is 2. The van der Waals surface area contributed by atoms with Crippen LogP contribution in [0.15, 0.2) is 24.3 Å². The average Bonchev–Trinajstić information content (AvgIpc) is 2.78. The molecule has 2 saturated heterocycles. The van der Waals surface area contributed by atoms with E-state index in [4.69, 9.17) is 4.74 Å². The molecule has 2 unspecified atom stereocenters. The van der Waals surface area contributed by atoms with Crippen molar-refractivity contribution in [1.29, 1.82) is 0 Å². The molecule has 0 spiro atoms. The standard InChI is InChI=1S/C19H28N2O2.ClH/c1-19(2,3)23-17-7-5-4-6-16(17)21-18(22)12-13-10-14-8-9-15(11-13)20-14;/h4-7,13-15,20H,8-12H2,1-3H3,(H,21,22);1H. The zero-order valence-corrected chi connectivity index (χ0v) is 15.6. The van der Waals surface area contributed by atoms with Crippen LogP contribution >= 0.6 is 12.4 Å². The predicted molar refractivity (Wildman–Crippen MR) is 100.0 cm³/mol. The van der Waals surface area contributed by atoms with Gasteiger partial charge in [0.2, 0.25) is 5.91 Å². The minimum absolute atomic E-state index is 0. The van der Waals surface area contributed by atoms with Crippen LogP contribution in [-0.4, -0.2) is 23.6 Å². The molecule has 0 radical (unpaired) electrons. The summed E-state index contributed by atoms with van der Waals surface area (Å²) >= 11 is 0. The molecule has 1 amide bonds. The summed E-state index contributed by atoms with van der Waals surface area (Å²) in [6.45, 7) is 6.03. The van der Waals surface area contributed by atoms with Gasteiger partial charge in [0.1, 0.15) is 11.4 Å². The monoisotopic (exact) mass is 352 g/mol. The highest BCUT2D eigenvalue weighted by molar-refractivity contribution is 5.92. The second-order valence-electron chi connectivity index (χ2n) is 7.94. The number of rotatable bonds is 4. The zero-order chi connectivity index (χ0) is 16.4. The molecular formula is C19H29ClN2O2. The Balaban J connectivity index is 0.00000208. The molecule has 5 heteroatoms. The molecule has 134 valence electrons. The van der Waals surface area contributed by atoms with Crippen molar-refractivity contribution in [2.75, 3.05) is 5.32 Å². The number of halogens is 1. The van der Waals surface area contributed by atoms with Crippen LogP contribution in [-0.2, 0) is 4.79 Å². The Morgan fingerprint density at radius 2 is 1.83 bits per heavy atom. The summed E-state index contributed by atoms with van der Waals surface area (Å²) in [6, 6.07) is 8.93. The summed E-state index contributed by atoms with van der Waals surface area (Å²) in [5, 5.41) is 6.67. The average molecular weight is 353 g/mol. The largest absolute Gasteiger partial charge is 0.486 e. The molecule has 4 nitrogen and oxygen atoms in total. The Morgan fingerprint density at radius 1 is 1.21 bits per heavy atom. The van der Waals surface area contributed by atoms with E-state index in [9.17, 15) is 4.79 Å². The highest BCUT2D eigenvalue weighted by atomic mass is 35.5. The summed E-state index contributed by atoms with van der Waals surface area (Å²) in [5.74, 6) is 1.34. The number of amides is 1. The number of piperidine rings is 1. The van der Waals surface area contributed by atoms with E-state index in [1.807, 2.05) is 45.0 Å². The number of anilines is 1. The Morgan fingerprint density at radius 3 is 2.46 bits per heavy atom. The Hall–Kier alpha value is -1.26. The maximum absolute atomic E-state index is 12.4. The number of hydrogen-bond acceptors (Lipinski definition) is 3. The van der Waals surface area contributed by atoms with Crippen molar-refractivity contribution < 1.29 is 9.53 Å². The van der Waals surface area contributed by atoms with Crippen molar-refractivity contribution in [3.05, 3.63) is 24.3 Å². The normalized spacial score (nSPS) is 25.7. The van der Waals surface area contributed by atoms with Crippen molar-refractivity contribution in [3.8, 4) is 5.75 Å². The second-order valence-corrected chi connectivity index (χ2v) is 7.94. The van der Waals surface area contributed by atoms with Crippen LogP contribution in [0, 0.1) is 5.92 Å². The molecule has 1 aromatic rings. The van der Waals surface area contributed by atoms with Gasteiger partial charge in [-0.05, 0) is 64.5 Å². The van der Waals surface area contributed by atoms with Gasteiger partial charge in [0.05, 0.1) is 5.69 Å². The van der Waals surface area contributed by atoms with E-state index < -0.39 is 0 Å². The molecule has 2 heterocycles. The molecule has 2 atom stereocenters. The molecule has 3 rings (SSSR count). The Kier molecular flexibility index (Phi) is 6.16. The molecule has 24 heavy (non-hydrogen) atoms. The van der Waals surface area contributed by atoms with Crippen molar-refractivity contribution in [1.82, 2.24) is 5.32 Å². The van der Waals surface area contributed by atoms with Gasteiger partial charge in [-0.15, -0.1) is 12.4 Å². The lowest BCUT2D eigenvalue weighted by molar-refractivity contribution is -0.117. The van der Waals surface area contributed by atoms with Crippen molar-refractivity contribution in [2.24, 2.45) is 5.92 Å². The highest BCUT2D eigenvalue weighted by Gasteiger charge is 2.34. The Labute approximate surface area is 151 Å². The summed E-state index contributed by atoms with van der Waals surface area (Å²) < 4.78 is 5.94. The molecule has 1 aromatic carbocycles. The van der Waals surface area contributed by atoms with Gasteiger partial charge in [0, 0.05) is 18.5 Å². The van der Waals surface area contributed by atoms with Gasteiger partial charge in [-0.3, -0.25) is 4.79 Å². The second kappa shape index (κ2) is 7.75. The minimum atomic E-state index is -0.283. The van der Waals surface area contributed by atoms with Crippen molar-refractivity contribution in [3.63, 3.8) is 0 Å². The van der Waals surface area contributed by atoms with Crippen LogP contribution in [0.1, 0.15) is 52.9 Å². The van der Waals surface area contributed by atoms with Gasteiger partial charge < -0.3 is 15.4 Å². The van der Waals surface area contributed by atoms with Gasteiger partial charge in [-0.2, -0.15) is 0 Å². The lowest BCUT2D eigenvalue weighted by atomic mass is 9.89. The predicted octanol–water partition coefficient (Wildman–Crippen LogP) is 4.14. The number of benzene rings is 1. The third-order valence-electron chi connectivity index (χ3n) is 4.62. The molecule has 2 aliphatic rings. The fourth-order valence-corrected chi connectivity index (χ4v) is 3.79. The number of ether oxygens (including phenoxy) is 1. The lowest BCUT2D eigenvalue weighted by Crippen LogP contribution is -2.39. The lowest BCUT2D eigenvalue weighted by Gasteiger charge is -2.29. The maximum atomic E-state index is 12.4. The first-order valence-electron chi connectivity index (χ1n) is 8.73. The molecule has 2 aliphatic heterocycles. The third-order valence-corrected chi connectivity index (χ3v) is 4.62. The van der Waals surface area contributed by atoms with Crippen LogP contribution < -0.4 is 15.4 Å². The maximum Gasteiger partial charge on any atom is 0.224 e. The summed E-state index contributed by atoms with van der Waals surface area (Å²) in [7, 11) is 0. The first kappa shape index (κ1) is 19.1. The topological polar surface area (TPSA) is 50.4 Å². The van der Waals surface area contributed by atoms with E-state index in [-0.39, 0.29) is 23.9 Å². The van der Waals surface area contributed by atoms with Gasteiger partial charge in [-0.1, -0.05) is 12.1 Å². The number of carbonyl (C=O) groups is 1. The van der Waals surface area contributed by atoms with Crippen LogP contribution in [0.2, 0.25) is 0 Å². The van der Waals surface area contributed by atoms with E-state index >= 15 is 0 Å². The van der Waals surface area contributed by atoms with Gasteiger partial charge in [0.15, 0.2) is 0 Å². The van der Waals surface area contributed by atoms with Crippen LogP contribution in [0.3, 0.4) is 0 Å². The van der Waals surface area contributed by atoms with E-state index in [1.165, 1.54) is 12.8 Å². The Bertz CT molecular complexity index is 559. The van der Waals surface area contributed by atoms with Crippen molar-refractivity contribution >= 4 is 24.0 Å². The van der Waals surface area contributed by atoms with Gasteiger partial charge >= 0.3 is 0 Å². The summed E-state index contributed by atoms with van der Waals surface area (Å²) in [6.07, 6.45) is 5.41. The number of hydrogen-bond donors (Lipinski definition) is 2. The van der Waals surface area contributed by atoms with Crippen molar-refractivity contribution in [2.45, 2.75) is 70.6 Å². The first-order chi connectivity index (χ1) is 10.9. The molecule has 2 N–H and O–H groups in total. The highest BCUT2D eigenvalue weighted by Crippen LogP contribution is 2.33. The molecule has 0 aliphatic carbocycles. The van der Waals surface area contributed by atoms with Gasteiger partial charge in [-0.25, -0.2) is 0 Å². The van der Waals surface area contributed by atoms with Crippen LogP contribution in [0.25, 0.3) is 0 Å². The van der Waals surface area contributed by atoms with E-state index in [2.05, 4.69) is 10.6 Å². The summed E-state index contributed by atoms with van der Waals surface area (Å²) in [4.78, 5) is 12.4. The third kappa shape index (κ3) is 5.12. The van der Waals surface area contributed by atoms with E-state index in [1.54, 1.807) is 0 Å². The van der Waals surface area contributed by atoms with Gasteiger partial charge in [0.25, 0.3) is 0 Å².